The zero-order valence-electron chi connectivity index (χ0n) is 7.03. The van der Waals surface area contributed by atoms with Crippen molar-refractivity contribution in [1.82, 2.24) is 9.97 Å². The molecule has 0 radical (unpaired) electrons. The van der Waals surface area contributed by atoms with Gasteiger partial charge in [0.2, 0.25) is 0 Å². The Bertz CT molecular complexity index is 237. The average Bonchev–Trinajstić information content (AvgIpc) is 2.02. The third kappa shape index (κ3) is 3.78. The molecule has 1 rings (SSSR count). The summed E-state index contributed by atoms with van der Waals surface area (Å²) in [6.45, 7) is 0. The van der Waals surface area contributed by atoms with Crippen molar-refractivity contribution in [1.29, 1.82) is 0 Å². The van der Waals surface area contributed by atoms with Gasteiger partial charge in [0.15, 0.2) is 0 Å². The summed E-state index contributed by atoms with van der Waals surface area (Å²) in [5.41, 5.74) is 0. The lowest BCUT2D eigenvalue weighted by Gasteiger charge is -2.20. The second-order valence-corrected chi connectivity index (χ2v) is 8.25. The van der Waals surface area contributed by atoms with Gasteiger partial charge in [-0.05, 0) is 18.6 Å². The summed E-state index contributed by atoms with van der Waals surface area (Å²) in [5, 5.41) is 0. The van der Waals surface area contributed by atoms with Crippen molar-refractivity contribution in [3.05, 3.63) is 18.5 Å². The molecule has 0 aromatic carbocycles. The van der Waals surface area contributed by atoms with Crippen molar-refractivity contribution >= 4 is 19.9 Å². The molecule has 0 aliphatic heterocycles. The molecule has 0 aliphatic rings. The summed E-state index contributed by atoms with van der Waals surface area (Å²) in [5.74, 6) is 0.485. The SMILES string of the molecule is CS(C)(Cl)COc1ncccn1. The minimum atomic E-state index is -1.15. The number of ether oxygens (including phenoxy) is 1. The van der Waals surface area contributed by atoms with Crippen LogP contribution in [0.1, 0.15) is 0 Å². The Morgan fingerprint density at radius 1 is 1.42 bits per heavy atom. The van der Waals surface area contributed by atoms with E-state index in [4.69, 9.17) is 15.4 Å². The van der Waals surface area contributed by atoms with Crippen LogP contribution in [0.5, 0.6) is 6.01 Å². The van der Waals surface area contributed by atoms with Crippen LogP contribution in [0.4, 0.5) is 0 Å². The molecule has 3 nitrogen and oxygen atoms in total. The zero-order valence-corrected chi connectivity index (χ0v) is 8.60. The minimum absolute atomic E-state index is 0.388. The molecule has 0 fully saturated rings. The van der Waals surface area contributed by atoms with Gasteiger partial charge in [0, 0.05) is 12.4 Å². The van der Waals surface area contributed by atoms with E-state index in [0.29, 0.717) is 11.9 Å². The first-order valence-electron chi connectivity index (χ1n) is 3.38. The van der Waals surface area contributed by atoms with Crippen molar-refractivity contribution in [2.24, 2.45) is 0 Å². The van der Waals surface area contributed by atoms with E-state index in [0.717, 1.165) is 0 Å². The van der Waals surface area contributed by atoms with E-state index in [1.807, 2.05) is 12.5 Å². The van der Waals surface area contributed by atoms with Crippen LogP contribution in [-0.2, 0) is 0 Å². The Labute approximate surface area is 77.9 Å². The van der Waals surface area contributed by atoms with Gasteiger partial charge in [-0.3, -0.25) is 0 Å². The molecule has 0 amide bonds. The summed E-state index contributed by atoms with van der Waals surface area (Å²) in [4.78, 5) is 7.81. The van der Waals surface area contributed by atoms with Gasteiger partial charge in [0.1, 0.15) is 5.94 Å². The molecule has 1 aromatic heterocycles. The van der Waals surface area contributed by atoms with Gasteiger partial charge in [0.05, 0.1) is 0 Å². The van der Waals surface area contributed by atoms with Crippen molar-refractivity contribution in [3.63, 3.8) is 0 Å². The van der Waals surface area contributed by atoms with Crippen LogP contribution in [-0.4, -0.2) is 28.4 Å². The number of hydrogen-bond acceptors (Lipinski definition) is 3. The molecule has 0 bridgehead atoms. The number of halogens is 1. The van der Waals surface area contributed by atoms with Crippen LogP contribution in [0.25, 0.3) is 0 Å². The van der Waals surface area contributed by atoms with E-state index >= 15 is 0 Å². The van der Waals surface area contributed by atoms with E-state index in [-0.39, 0.29) is 0 Å². The Balaban J connectivity index is 2.44. The van der Waals surface area contributed by atoms with Crippen LogP contribution >= 0.6 is 19.9 Å². The maximum Gasteiger partial charge on any atom is 0.317 e. The smallest absolute Gasteiger partial charge is 0.317 e. The molecule has 1 aromatic rings. The normalized spacial score (nSPS) is 12.6. The Morgan fingerprint density at radius 3 is 2.50 bits per heavy atom. The molecule has 0 unspecified atom stereocenters. The highest BCUT2D eigenvalue weighted by Gasteiger charge is 2.08. The highest BCUT2D eigenvalue weighted by atomic mass is 35.7. The predicted molar refractivity (Wildman–Crippen MR) is 52.8 cm³/mol. The van der Waals surface area contributed by atoms with Crippen LogP contribution in [0.15, 0.2) is 18.5 Å². The maximum absolute atomic E-state index is 5.99. The van der Waals surface area contributed by atoms with Gasteiger partial charge < -0.3 is 4.74 Å². The number of nitrogens with zero attached hydrogens (tertiary/aromatic N) is 2. The van der Waals surface area contributed by atoms with E-state index in [1.165, 1.54) is 0 Å². The number of aromatic nitrogens is 2. The lowest BCUT2D eigenvalue weighted by Crippen LogP contribution is -2.04. The summed E-state index contributed by atoms with van der Waals surface area (Å²) < 4.78 is 5.25. The summed E-state index contributed by atoms with van der Waals surface area (Å²) in [7, 11) is 4.83. The van der Waals surface area contributed by atoms with Crippen molar-refractivity contribution < 1.29 is 4.74 Å². The quantitative estimate of drug-likeness (QED) is 0.759. The predicted octanol–water partition coefficient (Wildman–Crippen LogP) is 2.03. The van der Waals surface area contributed by atoms with E-state index in [9.17, 15) is 0 Å². The van der Waals surface area contributed by atoms with Crippen LogP contribution < -0.4 is 4.74 Å². The summed E-state index contributed by atoms with van der Waals surface area (Å²) in [6.07, 6.45) is 7.19. The molecule has 5 heteroatoms. The van der Waals surface area contributed by atoms with Gasteiger partial charge in [-0.25, -0.2) is 9.97 Å². The fourth-order valence-electron chi connectivity index (χ4n) is 0.553. The Morgan fingerprint density at radius 2 is 2.00 bits per heavy atom. The highest BCUT2D eigenvalue weighted by Crippen LogP contribution is 2.44. The fraction of sp³-hybridized carbons (Fsp3) is 0.429. The average molecular weight is 207 g/mol. The second-order valence-electron chi connectivity index (χ2n) is 2.70. The first-order chi connectivity index (χ1) is 5.58. The molecule has 0 saturated heterocycles. The Hall–Kier alpha value is -0.480. The van der Waals surface area contributed by atoms with Gasteiger partial charge in [-0.2, -0.15) is 0 Å². The van der Waals surface area contributed by atoms with Crippen molar-refractivity contribution in [2.45, 2.75) is 0 Å². The molecular weight excluding hydrogens is 196 g/mol. The molecule has 0 N–H and O–H groups in total. The van der Waals surface area contributed by atoms with Crippen molar-refractivity contribution in [2.75, 3.05) is 18.5 Å². The molecule has 12 heavy (non-hydrogen) atoms. The molecule has 0 spiro atoms. The van der Waals surface area contributed by atoms with Crippen molar-refractivity contribution in [3.8, 4) is 6.01 Å². The third-order valence-corrected chi connectivity index (χ3v) is 1.96. The molecule has 1 heterocycles. The standard InChI is InChI=1S/C7H11ClN2OS/c1-12(2,8)6-11-7-9-4-3-5-10-7/h3-5H,6H2,1-2H3. The third-order valence-electron chi connectivity index (χ3n) is 1.01. The fourth-order valence-corrected chi connectivity index (χ4v) is 1.07. The number of hydrogen-bond donors (Lipinski definition) is 0. The largest absolute Gasteiger partial charge is 0.453 e. The Kier molecular flexibility index (Phi) is 3.17. The topological polar surface area (TPSA) is 35.0 Å². The van der Waals surface area contributed by atoms with E-state index in [2.05, 4.69) is 9.97 Å². The summed E-state index contributed by atoms with van der Waals surface area (Å²) >= 11 is 0. The first kappa shape index (κ1) is 9.61. The molecular formula is C7H11ClN2OS. The van der Waals surface area contributed by atoms with Crippen LogP contribution in [0.3, 0.4) is 0 Å². The second kappa shape index (κ2) is 3.96. The molecule has 0 aliphatic carbocycles. The first-order valence-corrected chi connectivity index (χ1v) is 6.83. The number of rotatable bonds is 3. The van der Waals surface area contributed by atoms with Crippen LogP contribution in [0, 0.1) is 0 Å². The highest BCUT2D eigenvalue weighted by molar-refractivity contribution is 8.50. The van der Waals surface area contributed by atoms with Gasteiger partial charge >= 0.3 is 6.01 Å². The lowest BCUT2D eigenvalue weighted by atomic mass is 10.7. The van der Waals surface area contributed by atoms with Gasteiger partial charge in [-0.1, -0.05) is 10.7 Å². The van der Waals surface area contributed by atoms with Gasteiger partial charge in [0.25, 0.3) is 0 Å². The molecule has 0 atom stereocenters. The lowest BCUT2D eigenvalue weighted by molar-refractivity contribution is 0.358. The molecule has 68 valence electrons. The minimum Gasteiger partial charge on any atom is -0.453 e. The van der Waals surface area contributed by atoms with Crippen LogP contribution in [0.2, 0.25) is 0 Å². The maximum atomic E-state index is 5.99. The zero-order chi connectivity index (χ0) is 9.03. The van der Waals surface area contributed by atoms with E-state index in [1.54, 1.807) is 18.5 Å². The molecule has 0 saturated carbocycles. The van der Waals surface area contributed by atoms with E-state index < -0.39 is 9.24 Å². The summed E-state index contributed by atoms with van der Waals surface area (Å²) in [6, 6.07) is 2.13. The monoisotopic (exact) mass is 206 g/mol. The van der Waals surface area contributed by atoms with Gasteiger partial charge in [-0.15, -0.1) is 9.24 Å².